The average molecular weight is 482 g/mol. The maximum Gasteiger partial charge on any atom is 0.161 e. The fourth-order valence-corrected chi connectivity index (χ4v) is 4.79. The highest BCUT2D eigenvalue weighted by atomic mass is 35.5. The molecule has 0 amide bonds. The molecule has 0 saturated carbocycles. The number of anilines is 1. The summed E-state index contributed by atoms with van der Waals surface area (Å²) in [6.45, 7) is 4.63. The number of benzene rings is 2. The third kappa shape index (κ3) is 4.10. The molecular formula is C26H25ClFN3O3. The molecule has 0 spiro atoms. The summed E-state index contributed by atoms with van der Waals surface area (Å²) in [5, 5.41) is 10.1. The lowest BCUT2D eigenvalue weighted by Gasteiger charge is -2.40. The van der Waals surface area contributed by atoms with E-state index in [2.05, 4.69) is 6.07 Å². The Morgan fingerprint density at radius 3 is 2.62 bits per heavy atom. The van der Waals surface area contributed by atoms with Gasteiger partial charge in [-0.15, -0.1) is 0 Å². The van der Waals surface area contributed by atoms with Gasteiger partial charge in [-0.25, -0.2) is 4.39 Å². The van der Waals surface area contributed by atoms with Crippen LogP contribution in [0.15, 0.2) is 59.1 Å². The van der Waals surface area contributed by atoms with Crippen LogP contribution >= 0.6 is 11.6 Å². The number of rotatable bonds is 6. The van der Waals surface area contributed by atoms with Gasteiger partial charge in [-0.1, -0.05) is 11.6 Å². The normalized spacial score (nSPS) is 18.0. The molecule has 0 bridgehead atoms. The summed E-state index contributed by atoms with van der Waals surface area (Å²) in [5.41, 5.74) is 9.11. The molecule has 2 aromatic carbocycles. The summed E-state index contributed by atoms with van der Waals surface area (Å²) in [6.07, 6.45) is 1.57. The number of hydrogen-bond donors (Lipinski definition) is 1. The molecule has 8 heteroatoms. The Morgan fingerprint density at radius 2 is 1.94 bits per heavy atom. The van der Waals surface area contributed by atoms with E-state index in [-0.39, 0.29) is 22.2 Å². The average Bonchev–Trinajstić information content (AvgIpc) is 2.82. The minimum Gasteiger partial charge on any atom is -0.494 e. The Balaban J connectivity index is 1.98. The highest BCUT2D eigenvalue weighted by Gasteiger charge is 2.41. The zero-order chi connectivity index (χ0) is 24.4. The monoisotopic (exact) mass is 481 g/mol. The van der Waals surface area contributed by atoms with Gasteiger partial charge in [-0.05, 0) is 63.1 Å². The molecule has 2 aromatic rings. The largest absolute Gasteiger partial charge is 0.494 e. The van der Waals surface area contributed by atoms with Gasteiger partial charge in [0, 0.05) is 28.9 Å². The quantitative estimate of drug-likeness (QED) is 0.579. The summed E-state index contributed by atoms with van der Waals surface area (Å²) in [5.74, 6) is 0.00475. The van der Waals surface area contributed by atoms with Crippen LogP contribution in [0.25, 0.3) is 0 Å². The number of ether oxygens (including phenoxy) is 2. The minimum atomic E-state index is -0.707. The first-order valence-electron chi connectivity index (χ1n) is 11.2. The Morgan fingerprint density at radius 1 is 1.18 bits per heavy atom. The number of nitrogens with two attached hydrogens (primary N) is 1. The van der Waals surface area contributed by atoms with E-state index in [1.165, 1.54) is 18.2 Å². The SMILES string of the molecule is CCOc1ccc(OCC)c(C2C(C#N)=C(N)N(c3ccc(F)c(Cl)c3)C3=C2C(=O)CCC3)c1. The number of ketones is 1. The summed E-state index contributed by atoms with van der Waals surface area (Å²) < 4.78 is 25.4. The van der Waals surface area contributed by atoms with E-state index in [9.17, 15) is 14.4 Å². The molecule has 1 atom stereocenters. The van der Waals surface area contributed by atoms with Crippen LogP contribution in [0, 0.1) is 17.1 Å². The van der Waals surface area contributed by atoms with Crippen LogP contribution in [0.3, 0.4) is 0 Å². The van der Waals surface area contributed by atoms with E-state index < -0.39 is 11.7 Å². The van der Waals surface area contributed by atoms with Gasteiger partial charge in [0.25, 0.3) is 0 Å². The van der Waals surface area contributed by atoms with Crippen LogP contribution in [0.4, 0.5) is 10.1 Å². The van der Waals surface area contributed by atoms with Crippen LogP contribution in [0.1, 0.15) is 44.6 Å². The van der Waals surface area contributed by atoms with Crippen molar-refractivity contribution in [2.75, 3.05) is 18.1 Å². The van der Waals surface area contributed by atoms with E-state index in [4.69, 9.17) is 26.8 Å². The number of nitrogens with zero attached hydrogens (tertiary/aromatic N) is 2. The first-order chi connectivity index (χ1) is 16.4. The third-order valence-electron chi connectivity index (χ3n) is 5.98. The Hall–Kier alpha value is -3.50. The van der Waals surface area contributed by atoms with Crippen LogP contribution in [0.2, 0.25) is 5.02 Å². The molecule has 1 aliphatic heterocycles. The number of halogens is 2. The molecule has 0 saturated heterocycles. The molecule has 2 aliphatic rings. The van der Waals surface area contributed by atoms with Crippen molar-refractivity contribution in [1.82, 2.24) is 0 Å². The highest BCUT2D eigenvalue weighted by Crippen LogP contribution is 2.49. The standard InChI is InChI=1S/C26H25ClFN3O3/c1-3-33-16-9-11-23(34-4-2)17(13-16)24-18(14-29)26(30)31(15-8-10-20(28)19(27)12-15)21-6-5-7-22(32)25(21)24/h8-13,24H,3-7,30H2,1-2H3. The molecule has 0 radical (unpaired) electrons. The third-order valence-corrected chi connectivity index (χ3v) is 6.27. The molecule has 176 valence electrons. The lowest BCUT2D eigenvalue weighted by atomic mass is 9.75. The van der Waals surface area contributed by atoms with Crippen molar-refractivity contribution in [2.24, 2.45) is 5.73 Å². The van der Waals surface area contributed by atoms with E-state index in [1.54, 1.807) is 23.1 Å². The summed E-state index contributed by atoms with van der Waals surface area (Å²) in [7, 11) is 0. The number of nitriles is 1. The summed E-state index contributed by atoms with van der Waals surface area (Å²) in [4.78, 5) is 15.0. The van der Waals surface area contributed by atoms with Gasteiger partial charge in [-0.2, -0.15) is 5.26 Å². The molecule has 34 heavy (non-hydrogen) atoms. The predicted octanol–water partition coefficient (Wildman–Crippen LogP) is 5.58. The molecule has 4 rings (SSSR count). The van der Waals surface area contributed by atoms with E-state index in [0.717, 1.165) is 0 Å². The van der Waals surface area contributed by atoms with Crippen LogP contribution < -0.4 is 20.1 Å². The van der Waals surface area contributed by atoms with Crippen LogP contribution in [-0.2, 0) is 4.79 Å². The number of carbonyl (C=O) groups excluding carboxylic acids is 1. The van der Waals surface area contributed by atoms with Gasteiger partial charge in [0.05, 0.1) is 35.8 Å². The zero-order valence-electron chi connectivity index (χ0n) is 19.0. The summed E-state index contributed by atoms with van der Waals surface area (Å²) in [6, 6.07) is 11.8. The molecule has 0 fully saturated rings. The molecule has 6 nitrogen and oxygen atoms in total. The van der Waals surface area contributed by atoms with Gasteiger partial charge in [0.15, 0.2) is 5.78 Å². The first kappa shape index (κ1) is 23.7. The van der Waals surface area contributed by atoms with Crippen LogP contribution in [-0.4, -0.2) is 19.0 Å². The van der Waals surface area contributed by atoms with Crippen molar-refractivity contribution in [1.29, 1.82) is 5.26 Å². The van der Waals surface area contributed by atoms with Crippen molar-refractivity contribution in [3.8, 4) is 17.6 Å². The maximum absolute atomic E-state index is 13.9. The van der Waals surface area contributed by atoms with E-state index in [1.807, 2.05) is 13.8 Å². The number of carbonyl (C=O) groups is 1. The number of allylic oxidation sites excluding steroid dienone is 3. The van der Waals surface area contributed by atoms with Crippen molar-refractivity contribution in [3.63, 3.8) is 0 Å². The van der Waals surface area contributed by atoms with Crippen molar-refractivity contribution in [3.05, 3.63) is 75.5 Å². The Bertz CT molecular complexity index is 1250. The van der Waals surface area contributed by atoms with E-state index >= 15 is 0 Å². The number of Topliss-reactive ketones (excluding diaryl/α,β-unsaturated/α-hetero) is 1. The maximum atomic E-state index is 13.9. The lowest BCUT2D eigenvalue weighted by molar-refractivity contribution is -0.116. The highest BCUT2D eigenvalue weighted by molar-refractivity contribution is 6.31. The first-order valence-corrected chi connectivity index (χ1v) is 11.6. The molecule has 1 aliphatic carbocycles. The van der Waals surface area contributed by atoms with E-state index in [0.29, 0.717) is 66.5 Å². The zero-order valence-corrected chi connectivity index (χ0v) is 19.8. The fraction of sp³-hybridized carbons (Fsp3) is 0.308. The topological polar surface area (TPSA) is 88.6 Å². The van der Waals surface area contributed by atoms with Gasteiger partial charge >= 0.3 is 0 Å². The Labute approximate surface area is 203 Å². The number of hydrogen-bond acceptors (Lipinski definition) is 6. The predicted molar refractivity (Wildman–Crippen MR) is 128 cm³/mol. The van der Waals surface area contributed by atoms with Gasteiger partial charge in [0.1, 0.15) is 23.1 Å². The summed E-state index contributed by atoms with van der Waals surface area (Å²) >= 11 is 6.05. The molecular weight excluding hydrogens is 457 g/mol. The molecule has 1 unspecified atom stereocenters. The molecule has 0 aromatic heterocycles. The smallest absolute Gasteiger partial charge is 0.161 e. The second kappa shape index (κ2) is 9.78. The van der Waals surface area contributed by atoms with Gasteiger partial charge in [0.2, 0.25) is 0 Å². The van der Waals surface area contributed by atoms with Crippen molar-refractivity contribution < 1.29 is 18.7 Å². The minimum absolute atomic E-state index is 0.0611. The van der Waals surface area contributed by atoms with Crippen molar-refractivity contribution >= 4 is 23.1 Å². The van der Waals surface area contributed by atoms with Crippen molar-refractivity contribution in [2.45, 2.75) is 39.0 Å². The van der Waals surface area contributed by atoms with Gasteiger partial charge < -0.3 is 15.2 Å². The second-order valence-electron chi connectivity index (χ2n) is 7.98. The second-order valence-corrected chi connectivity index (χ2v) is 8.39. The Kier molecular flexibility index (Phi) is 6.80. The van der Waals surface area contributed by atoms with Crippen LogP contribution in [0.5, 0.6) is 11.5 Å². The van der Waals surface area contributed by atoms with Gasteiger partial charge in [-0.3, -0.25) is 9.69 Å². The fourth-order valence-electron chi connectivity index (χ4n) is 4.61. The molecule has 2 N–H and O–H groups in total. The molecule has 1 heterocycles. The lowest BCUT2D eigenvalue weighted by Crippen LogP contribution is -2.38.